The molecule has 4 aromatic rings. The number of carbonyl (C=O) groups is 1. The summed E-state index contributed by atoms with van der Waals surface area (Å²) in [5, 5.41) is 7.11. The van der Waals surface area contributed by atoms with Crippen molar-refractivity contribution in [2.75, 3.05) is 26.2 Å². The molecule has 7 nitrogen and oxygen atoms in total. The third-order valence-corrected chi connectivity index (χ3v) is 5.97. The van der Waals surface area contributed by atoms with Gasteiger partial charge in [0.25, 0.3) is 5.91 Å². The monoisotopic (exact) mass is 420 g/mol. The minimum atomic E-state index is -0.114. The van der Waals surface area contributed by atoms with Crippen LogP contribution in [0.2, 0.25) is 0 Å². The molecular formula is C22H20N4O3S. The number of benzene rings is 1. The Labute approximate surface area is 177 Å². The molecule has 0 spiro atoms. The third-order valence-electron chi connectivity index (χ3n) is 5.13. The first-order valence-corrected chi connectivity index (χ1v) is 10.7. The summed E-state index contributed by atoms with van der Waals surface area (Å²) in [6.45, 7) is 3.70. The first-order valence-electron chi connectivity index (χ1n) is 9.78. The summed E-state index contributed by atoms with van der Waals surface area (Å²) in [4.78, 5) is 21.7. The Kier molecular flexibility index (Phi) is 5.17. The number of hydrogen-bond acceptors (Lipinski definition) is 7. The van der Waals surface area contributed by atoms with Gasteiger partial charge in [-0.25, -0.2) is 4.98 Å². The van der Waals surface area contributed by atoms with Crippen LogP contribution in [-0.2, 0) is 6.54 Å². The smallest absolute Gasteiger partial charge is 0.276 e. The van der Waals surface area contributed by atoms with E-state index >= 15 is 0 Å². The van der Waals surface area contributed by atoms with Crippen molar-refractivity contribution in [1.82, 2.24) is 19.9 Å². The first-order chi connectivity index (χ1) is 14.8. The Morgan fingerprint density at radius 3 is 2.63 bits per heavy atom. The molecule has 1 aliphatic heterocycles. The zero-order valence-corrected chi connectivity index (χ0v) is 17.0. The molecule has 0 bridgehead atoms. The van der Waals surface area contributed by atoms with Crippen molar-refractivity contribution < 1.29 is 13.7 Å². The quantitative estimate of drug-likeness (QED) is 0.485. The molecular weight excluding hydrogens is 400 g/mol. The topological polar surface area (TPSA) is 75.6 Å². The number of nitrogens with zero attached hydrogens (tertiary/aromatic N) is 4. The highest BCUT2D eigenvalue weighted by atomic mass is 32.1. The minimum absolute atomic E-state index is 0.114. The van der Waals surface area contributed by atoms with E-state index in [0.717, 1.165) is 35.9 Å². The van der Waals surface area contributed by atoms with E-state index in [4.69, 9.17) is 13.9 Å². The van der Waals surface area contributed by atoms with Gasteiger partial charge in [-0.05, 0) is 12.1 Å². The van der Waals surface area contributed by atoms with Gasteiger partial charge >= 0.3 is 0 Å². The van der Waals surface area contributed by atoms with Crippen LogP contribution >= 0.6 is 11.3 Å². The van der Waals surface area contributed by atoms with E-state index in [1.54, 1.807) is 35.8 Å². The van der Waals surface area contributed by atoms with Gasteiger partial charge in [0, 0.05) is 43.2 Å². The number of piperazine rings is 1. The Morgan fingerprint density at radius 2 is 1.87 bits per heavy atom. The van der Waals surface area contributed by atoms with Gasteiger partial charge in [0.1, 0.15) is 5.01 Å². The predicted molar refractivity (Wildman–Crippen MR) is 113 cm³/mol. The highest BCUT2D eigenvalue weighted by Gasteiger charge is 2.25. The maximum Gasteiger partial charge on any atom is 0.276 e. The number of rotatable bonds is 5. The van der Waals surface area contributed by atoms with Gasteiger partial charge in [-0.2, -0.15) is 0 Å². The Balaban J connectivity index is 1.17. The highest BCUT2D eigenvalue weighted by molar-refractivity contribution is 7.09. The fourth-order valence-corrected chi connectivity index (χ4v) is 4.34. The molecule has 0 saturated carbocycles. The van der Waals surface area contributed by atoms with Crippen LogP contribution < -0.4 is 0 Å². The largest absolute Gasteiger partial charge is 0.461 e. The molecule has 0 atom stereocenters. The second-order valence-corrected chi connectivity index (χ2v) is 8.06. The van der Waals surface area contributed by atoms with E-state index < -0.39 is 0 Å². The van der Waals surface area contributed by atoms with Crippen LogP contribution in [0.3, 0.4) is 0 Å². The molecule has 8 heteroatoms. The van der Waals surface area contributed by atoms with E-state index in [-0.39, 0.29) is 5.91 Å². The average Bonchev–Trinajstić information content (AvgIpc) is 3.55. The molecule has 152 valence electrons. The Bertz CT molecular complexity index is 1110. The Hall–Kier alpha value is -3.23. The van der Waals surface area contributed by atoms with Crippen LogP contribution in [0, 0.1) is 0 Å². The molecule has 4 heterocycles. The molecule has 0 N–H and O–H groups in total. The lowest BCUT2D eigenvalue weighted by Gasteiger charge is -2.33. The van der Waals surface area contributed by atoms with Crippen molar-refractivity contribution in [3.8, 4) is 22.8 Å². The summed E-state index contributed by atoms with van der Waals surface area (Å²) in [5.74, 6) is 0.904. The van der Waals surface area contributed by atoms with Gasteiger partial charge in [0.15, 0.2) is 11.5 Å². The zero-order chi connectivity index (χ0) is 20.3. The van der Waals surface area contributed by atoms with E-state index in [1.807, 2.05) is 23.1 Å². The summed E-state index contributed by atoms with van der Waals surface area (Å²) < 4.78 is 10.5. The fourth-order valence-electron chi connectivity index (χ4n) is 3.50. The van der Waals surface area contributed by atoms with Crippen molar-refractivity contribution in [2.45, 2.75) is 6.54 Å². The second-order valence-electron chi connectivity index (χ2n) is 7.11. The SMILES string of the molecule is O=C(c1cc(-c2ccco2)on1)N1CCN(Cc2nc(-c3ccccc3)cs2)CC1. The maximum atomic E-state index is 12.8. The van der Waals surface area contributed by atoms with Crippen LogP contribution in [0.25, 0.3) is 22.8 Å². The van der Waals surface area contributed by atoms with Crippen molar-refractivity contribution in [1.29, 1.82) is 0 Å². The normalized spacial score (nSPS) is 14.9. The van der Waals surface area contributed by atoms with Crippen molar-refractivity contribution >= 4 is 17.2 Å². The number of hydrogen-bond donors (Lipinski definition) is 0. The molecule has 30 heavy (non-hydrogen) atoms. The summed E-state index contributed by atoms with van der Waals surface area (Å²) in [6, 6.07) is 15.4. The standard InChI is InChI=1S/C22H20N4O3S/c27-22(17-13-20(29-24-17)19-7-4-12-28-19)26-10-8-25(9-11-26)14-21-23-18(15-30-21)16-5-2-1-3-6-16/h1-7,12-13,15H,8-11,14H2. The third kappa shape index (κ3) is 3.92. The molecule has 0 unspecified atom stereocenters. The van der Waals surface area contributed by atoms with E-state index in [9.17, 15) is 4.79 Å². The highest BCUT2D eigenvalue weighted by Crippen LogP contribution is 2.24. The lowest BCUT2D eigenvalue weighted by Crippen LogP contribution is -2.48. The summed E-state index contributed by atoms with van der Waals surface area (Å²) >= 11 is 1.68. The number of thiazole rings is 1. The summed E-state index contributed by atoms with van der Waals surface area (Å²) in [5.41, 5.74) is 2.46. The van der Waals surface area contributed by atoms with Crippen LogP contribution in [0.4, 0.5) is 0 Å². The van der Waals surface area contributed by atoms with Crippen molar-refractivity contribution in [3.05, 3.63) is 70.9 Å². The Morgan fingerprint density at radius 1 is 1.03 bits per heavy atom. The van der Waals surface area contributed by atoms with E-state index in [0.29, 0.717) is 30.3 Å². The van der Waals surface area contributed by atoms with Gasteiger partial charge in [-0.3, -0.25) is 9.69 Å². The van der Waals surface area contributed by atoms with Crippen LogP contribution in [-0.4, -0.2) is 52.0 Å². The number of aromatic nitrogens is 2. The lowest BCUT2D eigenvalue weighted by atomic mass is 10.2. The molecule has 0 radical (unpaired) electrons. The van der Waals surface area contributed by atoms with E-state index in [1.165, 1.54) is 0 Å². The van der Waals surface area contributed by atoms with E-state index in [2.05, 4.69) is 27.6 Å². The lowest BCUT2D eigenvalue weighted by molar-refractivity contribution is 0.0618. The molecule has 0 aliphatic carbocycles. The minimum Gasteiger partial charge on any atom is -0.461 e. The predicted octanol–water partition coefficient (Wildman–Crippen LogP) is 4.02. The van der Waals surface area contributed by atoms with Gasteiger partial charge in [-0.15, -0.1) is 11.3 Å². The molecule has 1 saturated heterocycles. The molecule has 1 fully saturated rings. The number of carbonyl (C=O) groups excluding carboxylic acids is 1. The molecule has 1 aliphatic rings. The zero-order valence-electron chi connectivity index (χ0n) is 16.2. The average molecular weight is 420 g/mol. The first kappa shape index (κ1) is 18.8. The fraction of sp³-hybridized carbons (Fsp3) is 0.227. The molecule has 1 aromatic carbocycles. The number of furan rings is 1. The van der Waals surface area contributed by atoms with Crippen molar-refractivity contribution in [3.63, 3.8) is 0 Å². The summed E-state index contributed by atoms with van der Waals surface area (Å²) in [6.07, 6.45) is 1.56. The maximum absolute atomic E-state index is 12.8. The van der Waals surface area contributed by atoms with Crippen LogP contribution in [0.1, 0.15) is 15.5 Å². The van der Waals surface area contributed by atoms with Gasteiger partial charge in [0.2, 0.25) is 5.76 Å². The van der Waals surface area contributed by atoms with Crippen LogP contribution in [0.5, 0.6) is 0 Å². The number of amides is 1. The van der Waals surface area contributed by atoms with Crippen LogP contribution in [0.15, 0.2) is 69.1 Å². The molecule has 1 amide bonds. The van der Waals surface area contributed by atoms with Gasteiger partial charge < -0.3 is 13.8 Å². The molecule has 3 aromatic heterocycles. The van der Waals surface area contributed by atoms with Crippen molar-refractivity contribution in [2.24, 2.45) is 0 Å². The molecule has 5 rings (SSSR count). The second kappa shape index (κ2) is 8.25. The van der Waals surface area contributed by atoms with Gasteiger partial charge in [-0.1, -0.05) is 35.5 Å². The van der Waals surface area contributed by atoms with Gasteiger partial charge in [0.05, 0.1) is 18.5 Å². The summed E-state index contributed by atoms with van der Waals surface area (Å²) in [7, 11) is 0.